The number of hydrogen-bond donors (Lipinski definition) is 0. The Morgan fingerprint density at radius 2 is 1.70 bits per heavy atom. The number of allylic oxidation sites excluding steroid dienone is 2. The molecular formula is C24H19N3O3. The normalized spacial score (nSPS) is 26.4. The molecule has 30 heavy (non-hydrogen) atoms. The zero-order chi connectivity index (χ0) is 20.7. The van der Waals surface area contributed by atoms with Crippen LogP contribution in [-0.2, 0) is 16.2 Å². The number of ether oxygens (including phenoxy) is 1. The van der Waals surface area contributed by atoms with E-state index >= 15 is 0 Å². The first-order valence-corrected chi connectivity index (χ1v) is 9.97. The SMILES string of the molecule is N#Cc1ccccc1COc1ccccc1C=NN1C(=O)C2C3C=CC(C3)C2C1=O. The minimum Gasteiger partial charge on any atom is -0.488 e. The standard InChI is InChI=1S/C24H19N3O3/c25-12-17-5-1-2-7-19(17)14-30-20-8-4-3-6-18(20)13-26-27-23(28)21-15-9-10-16(11-15)22(21)24(27)29/h1-10,13,15-16,21-22H,11,14H2. The molecule has 148 valence electrons. The van der Waals surface area contributed by atoms with Gasteiger partial charge in [0.25, 0.3) is 11.8 Å². The molecule has 3 aliphatic rings. The molecule has 0 spiro atoms. The number of carbonyl (C=O) groups is 2. The quantitative estimate of drug-likeness (QED) is 0.440. The lowest BCUT2D eigenvalue weighted by atomic mass is 9.85. The topological polar surface area (TPSA) is 82.8 Å². The largest absolute Gasteiger partial charge is 0.488 e. The number of hydrogen-bond acceptors (Lipinski definition) is 5. The number of imide groups is 1. The average molecular weight is 397 g/mol. The molecule has 1 saturated carbocycles. The van der Waals surface area contributed by atoms with Crippen molar-refractivity contribution in [1.29, 1.82) is 5.26 Å². The van der Waals surface area contributed by atoms with Crippen molar-refractivity contribution in [3.8, 4) is 11.8 Å². The van der Waals surface area contributed by atoms with Gasteiger partial charge in [-0.2, -0.15) is 15.4 Å². The second-order valence-corrected chi connectivity index (χ2v) is 7.83. The lowest BCUT2D eigenvalue weighted by Gasteiger charge is -2.13. The third-order valence-corrected chi connectivity index (χ3v) is 6.20. The van der Waals surface area contributed by atoms with Crippen LogP contribution in [-0.4, -0.2) is 23.0 Å². The van der Waals surface area contributed by atoms with Gasteiger partial charge in [0.05, 0.1) is 29.7 Å². The summed E-state index contributed by atoms with van der Waals surface area (Å²) in [6.45, 7) is 0.231. The van der Waals surface area contributed by atoms with Gasteiger partial charge in [-0.15, -0.1) is 0 Å². The van der Waals surface area contributed by atoms with Gasteiger partial charge in [-0.1, -0.05) is 42.5 Å². The molecule has 0 aromatic heterocycles. The van der Waals surface area contributed by atoms with Crippen molar-refractivity contribution in [3.05, 3.63) is 77.4 Å². The van der Waals surface area contributed by atoms with Gasteiger partial charge in [-0.3, -0.25) is 9.59 Å². The fourth-order valence-corrected chi connectivity index (χ4v) is 4.75. The molecule has 0 N–H and O–H groups in total. The van der Waals surface area contributed by atoms with Crippen LogP contribution in [0.5, 0.6) is 5.75 Å². The zero-order valence-electron chi connectivity index (χ0n) is 16.1. The summed E-state index contributed by atoms with van der Waals surface area (Å²) in [5.41, 5.74) is 2.00. The smallest absolute Gasteiger partial charge is 0.254 e. The maximum absolute atomic E-state index is 12.8. The van der Waals surface area contributed by atoms with E-state index in [-0.39, 0.29) is 42.1 Å². The van der Waals surface area contributed by atoms with Gasteiger partial charge < -0.3 is 4.74 Å². The molecule has 4 unspecified atom stereocenters. The Balaban J connectivity index is 1.34. The molecule has 6 heteroatoms. The van der Waals surface area contributed by atoms with Gasteiger partial charge in [-0.05, 0) is 36.5 Å². The Kier molecular flexibility index (Phi) is 4.44. The molecule has 2 aromatic carbocycles. The van der Waals surface area contributed by atoms with Crippen LogP contribution in [0, 0.1) is 35.0 Å². The van der Waals surface area contributed by atoms with Crippen molar-refractivity contribution >= 4 is 18.0 Å². The van der Waals surface area contributed by atoms with E-state index in [0.29, 0.717) is 16.9 Å². The summed E-state index contributed by atoms with van der Waals surface area (Å²) in [5, 5.41) is 14.5. The van der Waals surface area contributed by atoms with Crippen LogP contribution < -0.4 is 4.74 Å². The van der Waals surface area contributed by atoms with Crippen LogP contribution in [0.3, 0.4) is 0 Å². The van der Waals surface area contributed by atoms with Crippen molar-refractivity contribution in [2.75, 3.05) is 0 Å². The fourth-order valence-electron chi connectivity index (χ4n) is 4.75. The summed E-state index contributed by atoms with van der Waals surface area (Å²) in [4.78, 5) is 25.5. The molecule has 2 aliphatic carbocycles. The molecule has 1 heterocycles. The van der Waals surface area contributed by atoms with Crippen molar-refractivity contribution in [2.24, 2.45) is 28.8 Å². The van der Waals surface area contributed by atoms with Gasteiger partial charge in [0.1, 0.15) is 12.4 Å². The predicted octanol–water partition coefficient (Wildman–Crippen LogP) is 3.28. The van der Waals surface area contributed by atoms with E-state index in [1.54, 1.807) is 12.1 Å². The average Bonchev–Trinajstić information content (AvgIpc) is 3.46. The van der Waals surface area contributed by atoms with Crippen molar-refractivity contribution < 1.29 is 14.3 Å². The van der Waals surface area contributed by atoms with Gasteiger partial charge in [-0.25, -0.2) is 0 Å². The zero-order valence-corrected chi connectivity index (χ0v) is 16.1. The first-order chi connectivity index (χ1) is 14.7. The summed E-state index contributed by atoms with van der Waals surface area (Å²) < 4.78 is 5.91. The Hall–Kier alpha value is -3.72. The molecule has 2 fully saturated rings. The third kappa shape index (κ3) is 2.91. The number of carbonyl (C=O) groups excluding carboxylic acids is 2. The molecule has 2 bridgehead atoms. The summed E-state index contributed by atoms with van der Waals surface area (Å²) in [7, 11) is 0. The molecular weight excluding hydrogens is 378 g/mol. The van der Waals surface area contributed by atoms with Crippen LogP contribution in [0.15, 0.2) is 65.8 Å². The summed E-state index contributed by atoms with van der Waals surface area (Å²) in [6.07, 6.45) is 6.52. The van der Waals surface area contributed by atoms with Gasteiger partial charge in [0.2, 0.25) is 0 Å². The highest BCUT2D eigenvalue weighted by Gasteiger charge is 2.59. The third-order valence-electron chi connectivity index (χ3n) is 6.20. The number of para-hydroxylation sites is 1. The number of nitriles is 1. The van der Waals surface area contributed by atoms with Crippen molar-refractivity contribution in [2.45, 2.75) is 13.0 Å². The molecule has 2 amide bonds. The Labute approximate surface area is 174 Å². The van der Waals surface area contributed by atoms with E-state index in [1.165, 1.54) is 6.21 Å². The predicted molar refractivity (Wildman–Crippen MR) is 109 cm³/mol. The number of fused-ring (bicyclic) bond motifs is 5. The monoisotopic (exact) mass is 397 g/mol. The highest BCUT2D eigenvalue weighted by molar-refractivity contribution is 6.06. The molecule has 5 rings (SSSR count). The van der Waals surface area contributed by atoms with E-state index in [1.807, 2.05) is 36.4 Å². The first-order valence-electron chi connectivity index (χ1n) is 9.97. The lowest BCUT2D eigenvalue weighted by molar-refractivity contribution is -0.140. The number of hydrazone groups is 1. The number of benzene rings is 2. The summed E-state index contributed by atoms with van der Waals surface area (Å²) in [5.74, 6) is -0.0638. The number of rotatable bonds is 5. The van der Waals surface area contributed by atoms with Crippen LogP contribution in [0.25, 0.3) is 0 Å². The second-order valence-electron chi connectivity index (χ2n) is 7.83. The fraction of sp³-hybridized carbons (Fsp3) is 0.250. The van der Waals surface area contributed by atoms with Crippen LogP contribution >= 0.6 is 0 Å². The number of amides is 2. The molecule has 6 nitrogen and oxygen atoms in total. The van der Waals surface area contributed by atoms with Gasteiger partial charge in [0, 0.05) is 11.1 Å². The molecule has 1 aliphatic heterocycles. The minimum atomic E-state index is -0.265. The highest BCUT2D eigenvalue weighted by Crippen LogP contribution is 2.52. The van der Waals surface area contributed by atoms with Crippen molar-refractivity contribution in [3.63, 3.8) is 0 Å². The molecule has 1 saturated heterocycles. The maximum Gasteiger partial charge on any atom is 0.254 e. The van der Waals surface area contributed by atoms with E-state index in [4.69, 9.17) is 4.74 Å². The van der Waals surface area contributed by atoms with Crippen molar-refractivity contribution in [1.82, 2.24) is 5.01 Å². The molecule has 4 atom stereocenters. The van der Waals surface area contributed by atoms with E-state index in [2.05, 4.69) is 23.3 Å². The lowest BCUT2D eigenvalue weighted by Crippen LogP contribution is -2.28. The number of nitrogens with zero attached hydrogens (tertiary/aromatic N) is 3. The van der Waals surface area contributed by atoms with Gasteiger partial charge >= 0.3 is 0 Å². The highest BCUT2D eigenvalue weighted by atomic mass is 16.5. The van der Waals surface area contributed by atoms with E-state index in [9.17, 15) is 14.9 Å². The molecule has 0 radical (unpaired) electrons. The molecule has 2 aromatic rings. The van der Waals surface area contributed by atoms with Crippen LogP contribution in [0.4, 0.5) is 0 Å². The Morgan fingerprint density at radius 3 is 2.43 bits per heavy atom. The first kappa shape index (κ1) is 18.3. The minimum absolute atomic E-state index is 0.160. The van der Waals surface area contributed by atoms with Crippen LogP contribution in [0.2, 0.25) is 0 Å². The van der Waals surface area contributed by atoms with E-state index in [0.717, 1.165) is 17.0 Å². The Morgan fingerprint density at radius 1 is 1.03 bits per heavy atom. The summed E-state index contributed by atoms with van der Waals surface area (Å²) >= 11 is 0. The van der Waals surface area contributed by atoms with Gasteiger partial charge in [0.15, 0.2) is 0 Å². The van der Waals surface area contributed by atoms with E-state index < -0.39 is 0 Å². The second kappa shape index (κ2) is 7.27. The summed E-state index contributed by atoms with van der Waals surface area (Å²) in [6, 6.07) is 16.7. The van der Waals surface area contributed by atoms with Crippen LogP contribution in [0.1, 0.15) is 23.1 Å². The maximum atomic E-state index is 12.8. The Bertz CT molecular complexity index is 1100.